The van der Waals surface area contributed by atoms with E-state index >= 15 is 0 Å². The van der Waals surface area contributed by atoms with Crippen LogP contribution < -0.4 is 5.84 Å². The summed E-state index contributed by atoms with van der Waals surface area (Å²) < 4.78 is 7.15. The van der Waals surface area contributed by atoms with E-state index in [0.717, 1.165) is 10.0 Å². The van der Waals surface area contributed by atoms with Gasteiger partial charge in [-0.05, 0) is 18.1 Å². The molecule has 8 heteroatoms. The molecule has 2 rings (SSSR count). The molecule has 0 aliphatic rings. The second kappa shape index (κ2) is 7.15. The molecule has 118 valence electrons. The van der Waals surface area contributed by atoms with Crippen molar-refractivity contribution >= 4 is 33.7 Å². The number of thioether (sulfide) groups is 1. The predicted molar refractivity (Wildman–Crippen MR) is 89.8 cm³/mol. The number of aromatic nitrogens is 3. The van der Waals surface area contributed by atoms with E-state index < -0.39 is 0 Å². The van der Waals surface area contributed by atoms with Crippen LogP contribution in [0.1, 0.15) is 13.8 Å². The first kappa shape index (κ1) is 16.8. The van der Waals surface area contributed by atoms with Crippen molar-refractivity contribution in [3.63, 3.8) is 0 Å². The Bertz CT molecular complexity index is 675. The Hall–Kier alpha value is -1.54. The third kappa shape index (κ3) is 3.61. The highest BCUT2D eigenvalue weighted by Gasteiger charge is 2.27. The zero-order valence-corrected chi connectivity index (χ0v) is 14.9. The Morgan fingerprint density at radius 3 is 2.73 bits per heavy atom. The number of ether oxygens (including phenoxy) is 1. The van der Waals surface area contributed by atoms with Crippen LogP contribution in [0.3, 0.4) is 0 Å². The molecule has 1 atom stereocenters. The van der Waals surface area contributed by atoms with Gasteiger partial charge in [-0.2, -0.15) is 0 Å². The number of esters is 1. The molecule has 0 aliphatic heterocycles. The molecule has 0 unspecified atom stereocenters. The number of hydrogen-bond acceptors (Lipinski definition) is 6. The molecule has 0 amide bonds. The topological polar surface area (TPSA) is 83.0 Å². The highest BCUT2D eigenvalue weighted by molar-refractivity contribution is 9.10. The first-order valence-corrected chi connectivity index (χ1v) is 8.32. The van der Waals surface area contributed by atoms with E-state index in [2.05, 4.69) is 26.1 Å². The van der Waals surface area contributed by atoms with E-state index in [1.165, 1.54) is 23.5 Å². The Labute approximate surface area is 141 Å². The highest BCUT2D eigenvalue weighted by Crippen LogP contribution is 2.29. The number of benzene rings is 1. The van der Waals surface area contributed by atoms with Gasteiger partial charge in [-0.25, -0.2) is 4.68 Å². The van der Waals surface area contributed by atoms with Crippen molar-refractivity contribution in [3.05, 3.63) is 28.7 Å². The Kier molecular flexibility index (Phi) is 5.47. The zero-order chi connectivity index (χ0) is 16.3. The normalized spacial score (nSPS) is 12.4. The lowest BCUT2D eigenvalue weighted by Gasteiger charge is -2.16. The molecule has 0 spiro atoms. The van der Waals surface area contributed by atoms with Gasteiger partial charge in [-0.15, -0.1) is 10.2 Å². The summed E-state index contributed by atoms with van der Waals surface area (Å²) in [7, 11) is 1.37. The second-order valence-corrected chi connectivity index (χ2v) is 7.02. The molecular weight excluding hydrogens is 368 g/mol. The summed E-state index contributed by atoms with van der Waals surface area (Å²) in [4.78, 5) is 11.8. The molecule has 1 heterocycles. The van der Waals surface area contributed by atoms with Gasteiger partial charge in [0.05, 0.1) is 7.11 Å². The maximum absolute atomic E-state index is 11.8. The van der Waals surface area contributed by atoms with Crippen LogP contribution in [0, 0.1) is 5.92 Å². The summed E-state index contributed by atoms with van der Waals surface area (Å²) in [5, 5.41) is 8.30. The lowest BCUT2D eigenvalue weighted by molar-refractivity contribution is -0.140. The maximum atomic E-state index is 11.8. The molecule has 2 N–H and O–H groups in total. The maximum Gasteiger partial charge on any atom is 0.319 e. The zero-order valence-electron chi connectivity index (χ0n) is 12.5. The lowest BCUT2D eigenvalue weighted by Crippen LogP contribution is -2.25. The van der Waals surface area contributed by atoms with Gasteiger partial charge in [0.15, 0.2) is 5.82 Å². The Balaban J connectivity index is 2.29. The van der Waals surface area contributed by atoms with Gasteiger partial charge in [0, 0.05) is 10.0 Å². The summed E-state index contributed by atoms with van der Waals surface area (Å²) in [6.07, 6.45) is 0. The minimum Gasteiger partial charge on any atom is -0.468 e. The van der Waals surface area contributed by atoms with Gasteiger partial charge in [0.25, 0.3) is 0 Å². The third-order valence-corrected chi connectivity index (χ3v) is 4.99. The molecule has 0 bridgehead atoms. The van der Waals surface area contributed by atoms with E-state index in [0.29, 0.717) is 11.0 Å². The van der Waals surface area contributed by atoms with E-state index in [-0.39, 0.29) is 17.1 Å². The molecule has 6 nitrogen and oxygen atoms in total. The molecule has 0 radical (unpaired) electrons. The average Bonchev–Trinajstić information content (AvgIpc) is 2.84. The second-order valence-electron chi connectivity index (χ2n) is 4.99. The molecule has 1 aromatic heterocycles. The summed E-state index contributed by atoms with van der Waals surface area (Å²) >= 11 is 4.67. The fourth-order valence-corrected chi connectivity index (χ4v) is 3.25. The third-order valence-electron chi connectivity index (χ3n) is 3.02. The predicted octanol–water partition coefficient (Wildman–Crippen LogP) is 2.71. The van der Waals surface area contributed by atoms with E-state index in [9.17, 15) is 4.79 Å². The number of nitrogen functional groups attached to an aromatic ring is 1. The van der Waals surface area contributed by atoms with Gasteiger partial charge in [-0.1, -0.05) is 53.7 Å². The van der Waals surface area contributed by atoms with Crippen LogP contribution in [0.4, 0.5) is 0 Å². The molecule has 0 fully saturated rings. The monoisotopic (exact) mass is 384 g/mol. The van der Waals surface area contributed by atoms with Crippen LogP contribution in [0.5, 0.6) is 0 Å². The first-order valence-electron chi connectivity index (χ1n) is 6.65. The Morgan fingerprint density at radius 2 is 2.14 bits per heavy atom. The minimum absolute atomic E-state index is 0.0865. The van der Waals surface area contributed by atoms with Gasteiger partial charge in [0.1, 0.15) is 5.25 Å². The van der Waals surface area contributed by atoms with Gasteiger partial charge in [0.2, 0.25) is 5.16 Å². The van der Waals surface area contributed by atoms with Gasteiger partial charge >= 0.3 is 5.97 Å². The van der Waals surface area contributed by atoms with Crippen LogP contribution in [-0.4, -0.2) is 33.2 Å². The smallest absolute Gasteiger partial charge is 0.319 e. The van der Waals surface area contributed by atoms with Gasteiger partial charge in [-0.3, -0.25) is 4.79 Å². The molecule has 0 aliphatic carbocycles. The fraction of sp³-hybridized carbons (Fsp3) is 0.357. The lowest BCUT2D eigenvalue weighted by atomic mass is 10.1. The number of halogens is 1. The number of hydrogen-bond donors (Lipinski definition) is 1. The molecule has 22 heavy (non-hydrogen) atoms. The van der Waals surface area contributed by atoms with Crippen molar-refractivity contribution < 1.29 is 9.53 Å². The summed E-state index contributed by atoms with van der Waals surface area (Å²) in [5.74, 6) is 6.40. The van der Waals surface area contributed by atoms with Crippen molar-refractivity contribution in [2.24, 2.45) is 5.92 Å². The van der Waals surface area contributed by atoms with Crippen molar-refractivity contribution in [2.75, 3.05) is 13.0 Å². The molecule has 0 saturated carbocycles. The van der Waals surface area contributed by atoms with Crippen molar-refractivity contribution in [2.45, 2.75) is 24.3 Å². The molecule has 0 saturated heterocycles. The van der Waals surface area contributed by atoms with Crippen molar-refractivity contribution in [3.8, 4) is 11.4 Å². The SMILES string of the molecule is COC(=O)[C@@H](Sc1nnc(-c2cccc(Br)c2)n1N)C(C)C. The van der Waals surface area contributed by atoms with E-state index in [1.807, 2.05) is 38.1 Å². The summed E-state index contributed by atoms with van der Waals surface area (Å²) in [5.41, 5.74) is 0.843. The number of rotatable bonds is 5. The van der Waals surface area contributed by atoms with Crippen LogP contribution in [0.25, 0.3) is 11.4 Å². The highest BCUT2D eigenvalue weighted by atomic mass is 79.9. The van der Waals surface area contributed by atoms with Crippen LogP contribution in [-0.2, 0) is 9.53 Å². The first-order chi connectivity index (χ1) is 10.4. The molecule has 1 aromatic carbocycles. The molecular formula is C14H17BrN4O2S. The summed E-state index contributed by atoms with van der Waals surface area (Å²) in [6.45, 7) is 3.89. The van der Waals surface area contributed by atoms with Crippen molar-refractivity contribution in [1.29, 1.82) is 0 Å². The van der Waals surface area contributed by atoms with Gasteiger partial charge < -0.3 is 10.6 Å². The van der Waals surface area contributed by atoms with E-state index in [4.69, 9.17) is 10.6 Å². The van der Waals surface area contributed by atoms with Crippen LogP contribution >= 0.6 is 27.7 Å². The molecule has 2 aromatic rings. The number of carbonyl (C=O) groups is 1. The quantitative estimate of drug-likeness (QED) is 0.484. The van der Waals surface area contributed by atoms with E-state index in [1.54, 1.807) is 0 Å². The average molecular weight is 385 g/mol. The van der Waals surface area contributed by atoms with Crippen molar-refractivity contribution in [1.82, 2.24) is 14.9 Å². The Morgan fingerprint density at radius 1 is 1.41 bits per heavy atom. The number of carbonyl (C=O) groups excluding carboxylic acids is 1. The largest absolute Gasteiger partial charge is 0.468 e. The standard InChI is InChI=1S/C14H17BrN4O2S/c1-8(2)11(13(20)21-3)22-14-18-17-12(19(14)16)9-5-4-6-10(15)7-9/h4-8,11H,16H2,1-3H3/t11-/m0/s1. The summed E-state index contributed by atoms with van der Waals surface area (Å²) in [6, 6.07) is 7.61. The number of methoxy groups -OCH3 is 1. The van der Waals surface area contributed by atoms with Crippen LogP contribution in [0.2, 0.25) is 0 Å². The number of nitrogens with zero attached hydrogens (tertiary/aromatic N) is 3. The minimum atomic E-state index is -0.383. The van der Waals surface area contributed by atoms with Crippen LogP contribution in [0.15, 0.2) is 33.9 Å². The number of nitrogens with two attached hydrogens (primary N) is 1. The fourth-order valence-electron chi connectivity index (χ4n) is 1.87.